The molecule has 6 heteroatoms. The molecule has 19 heavy (non-hydrogen) atoms. The zero-order valence-electron chi connectivity index (χ0n) is 11.1. The number of nitrogens with one attached hydrogen (secondary N) is 1. The first-order valence-corrected chi connectivity index (χ1v) is 6.89. The zero-order valence-corrected chi connectivity index (χ0v) is 12.0. The maximum atomic E-state index is 4.44. The molecule has 3 aromatic heterocycles. The Kier molecular flexibility index (Phi) is 2.94. The van der Waals surface area contributed by atoms with Gasteiger partial charge in [0.2, 0.25) is 0 Å². The van der Waals surface area contributed by atoms with Gasteiger partial charge in [-0.3, -0.25) is 4.68 Å². The summed E-state index contributed by atoms with van der Waals surface area (Å²) in [6.07, 6.45) is 3.76. The first-order chi connectivity index (χ1) is 9.13. The van der Waals surface area contributed by atoms with E-state index in [1.165, 1.54) is 4.88 Å². The van der Waals surface area contributed by atoms with Crippen molar-refractivity contribution in [2.75, 3.05) is 5.32 Å². The summed E-state index contributed by atoms with van der Waals surface area (Å²) in [5.74, 6) is 0. The second-order valence-electron chi connectivity index (χ2n) is 4.50. The van der Waals surface area contributed by atoms with Crippen molar-refractivity contribution in [3.63, 3.8) is 0 Å². The summed E-state index contributed by atoms with van der Waals surface area (Å²) in [7, 11) is 1.91. The number of aryl methyl sites for hydroxylation is 3. The van der Waals surface area contributed by atoms with Crippen LogP contribution >= 0.6 is 11.3 Å². The Bertz CT molecular complexity index is 728. The van der Waals surface area contributed by atoms with Gasteiger partial charge in [-0.25, -0.2) is 9.97 Å². The number of rotatable bonds is 3. The lowest BCUT2D eigenvalue weighted by atomic mass is 10.2. The van der Waals surface area contributed by atoms with Gasteiger partial charge in [-0.1, -0.05) is 0 Å². The minimum Gasteiger partial charge on any atom is -0.379 e. The molecule has 0 aliphatic rings. The van der Waals surface area contributed by atoms with Gasteiger partial charge in [0.25, 0.3) is 0 Å². The van der Waals surface area contributed by atoms with Gasteiger partial charge in [-0.15, -0.1) is 11.3 Å². The molecule has 3 rings (SSSR count). The Balaban J connectivity index is 1.83. The summed E-state index contributed by atoms with van der Waals surface area (Å²) in [6.45, 7) is 4.79. The van der Waals surface area contributed by atoms with E-state index in [1.54, 1.807) is 16.0 Å². The molecule has 0 spiro atoms. The number of hydrogen-bond acceptors (Lipinski definition) is 5. The van der Waals surface area contributed by atoms with Crippen molar-refractivity contribution >= 4 is 28.1 Å². The van der Waals surface area contributed by atoms with Crippen LogP contribution in [-0.2, 0) is 13.6 Å². The zero-order chi connectivity index (χ0) is 13.4. The Hall–Kier alpha value is -1.95. The Morgan fingerprint density at radius 2 is 2.11 bits per heavy atom. The Labute approximate surface area is 115 Å². The maximum absolute atomic E-state index is 4.44. The quantitative estimate of drug-likeness (QED) is 0.797. The van der Waals surface area contributed by atoms with Gasteiger partial charge in [0.15, 0.2) is 5.65 Å². The van der Waals surface area contributed by atoms with Crippen molar-refractivity contribution < 1.29 is 0 Å². The molecule has 3 aromatic rings. The lowest BCUT2D eigenvalue weighted by molar-refractivity contribution is 0.774. The highest BCUT2D eigenvalue weighted by Gasteiger charge is 2.07. The van der Waals surface area contributed by atoms with E-state index in [9.17, 15) is 0 Å². The summed E-state index contributed by atoms with van der Waals surface area (Å²) in [4.78, 5) is 9.91. The van der Waals surface area contributed by atoms with Crippen molar-refractivity contribution in [2.45, 2.75) is 20.4 Å². The van der Waals surface area contributed by atoms with Crippen LogP contribution in [0.15, 0.2) is 18.5 Å². The van der Waals surface area contributed by atoms with E-state index in [0.29, 0.717) is 0 Å². The van der Waals surface area contributed by atoms with Crippen LogP contribution in [0.2, 0.25) is 0 Å². The molecule has 0 radical (unpaired) electrons. The molecule has 0 aromatic carbocycles. The van der Waals surface area contributed by atoms with Gasteiger partial charge in [0, 0.05) is 23.5 Å². The fourth-order valence-corrected chi connectivity index (χ4v) is 2.82. The second kappa shape index (κ2) is 4.62. The third kappa shape index (κ3) is 2.31. The van der Waals surface area contributed by atoms with Crippen LogP contribution in [0.25, 0.3) is 11.0 Å². The third-order valence-corrected chi connectivity index (χ3v) is 3.91. The highest BCUT2D eigenvalue weighted by Crippen LogP contribution is 2.20. The van der Waals surface area contributed by atoms with E-state index < -0.39 is 0 Å². The van der Waals surface area contributed by atoms with Crippen molar-refractivity contribution in [3.8, 4) is 0 Å². The highest BCUT2D eigenvalue weighted by molar-refractivity contribution is 7.11. The topological polar surface area (TPSA) is 55.6 Å². The molecule has 3 heterocycles. The minimum atomic E-state index is 0.776. The fourth-order valence-electron chi connectivity index (χ4n) is 2.08. The smallest absolute Gasteiger partial charge is 0.157 e. The number of nitrogens with zero attached hydrogens (tertiary/aromatic N) is 4. The number of pyridine rings is 1. The van der Waals surface area contributed by atoms with Crippen LogP contribution in [0.5, 0.6) is 0 Å². The first kappa shape index (κ1) is 12.1. The molecule has 0 unspecified atom stereocenters. The monoisotopic (exact) mass is 273 g/mol. The summed E-state index contributed by atoms with van der Waals surface area (Å²) in [6, 6.07) is 2.10. The largest absolute Gasteiger partial charge is 0.379 e. The third-order valence-electron chi connectivity index (χ3n) is 3.00. The molecule has 0 amide bonds. The van der Waals surface area contributed by atoms with E-state index in [4.69, 9.17) is 0 Å². The summed E-state index contributed by atoms with van der Waals surface area (Å²) in [5, 5.41) is 9.93. The number of aromatic nitrogens is 4. The molecule has 0 aliphatic carbocycles. The number of fused-ring (bicyclic) bond motifs is 1. The first-order valence-electron chi connectivity index (χ1n) is 6.08. The number of hydrogen-bond donors (Lipinski definition) is 1. The lowest BCUT2D eigenvalue weighted by Gasteiger charge is -2.04. The molecule has 0 saturated carbocycles. The van der Waals surface area contributed by atoms with E-state index in [-0.39, 0.29) is 0 Å². The normalized spacial score (nSPS) is 11.1. The minimum absolute atomic E-state index is 0.776. The summed E-state index contributed by atoms with van der Waals surface area (Å²) in [5.41, 5.74) is 2.92. The predicted molar refractivity (Wildman–Crippen MR) is 77.4 cm³/mol. The van der Waals surface area contributed by atoms with Gasteiger partial charge < -0.3 is 5.32 Å². The van der Waals surface area contributed by atoms with Crippen molar-refractivity contribution in [1.82, 2.24) is 19.7 Å². The molecular formula is C13H15N5S. The van der Waals surface area contributed by atoms with Gasteiger partial charge in [0.05, 0.1) is 29.1 Å². The standard InChI is InChI=1S/C13H15N5S/c1-8-12-4-10(5-16-13(12)18(3)17-8)15-7-11-6-14-9(2)19-11/h4-6,15H,7H2,1-3H3. The van der Waals surface area contributed by atoms with Crippen LogP contribution < -0.4 is 5.32 Å². The second-order valence-corrected chi connectivity index (χ2v) is 5.82. The average Bonchev–Trinajstić information content (AvgIpc) is 2.92. The molecule has 0 saturated heterocycles. The van der Waals surface area contributed by atoms with Crippen molar-refractivity contribution in [1.29, 1.82) is 0 Å². The average molecular weight is 273 g/mol. The highest BCUT2D eigenvalue weighted by atomic mass is 32.1. The van der Waals surface area contributed by atoms with Crippen LogP contribution in [-0.4, -0.2) is 19.7 Å². The van der Waals surface area contributed by atoms with E-state index >= 15 is 0 Å². The Morgan fingerprint density at radius 3 is 2.84 bits per heavy atom. The van der Waals surface area contributed by atoms with E-state index in [0.717, 1.165) is 34.0 Å². The molecule has 1 N–H and O–H groups in total. The van der Waals surface area contributed by atoms with Gasteiger partial charge in [-0.2, -0.15) is 5.10 Å². The maximum Gasteiger partial charge on any atom is 0.157 e. The lowest BCUT2D eigenvalue weighted by Crippen LogP contribution is -1.98. The summed E-state index contributed by atoms with van der Waals surface area (Å²) >= 11 is 1.71. The number of thiazole rings is 1. The van der Waals surface area contributed by atoms with Crippen molar-refractivity contribution in [2.24, 2.45) is 7.05 Å². The van der Waals surface area contributed by atoms with Crippen molar-refractivity contribution in [3.05, 3.63) is 34.0 Å². The molecule has 5 nitrogen and oxygen atoms in total. The molecule has 0 aliphatic heterocycles. The molecule has 0 fully saturated rings. The summed E-state index contributed by atoms with van der Waals surface area (Å²) < 4.78 is 1.81. The van der Waals surface area contributed by atoms with E-state index in [1.807, 2.05) is 33.3 Å². The van der Waals surface area contributed by atoms with Gasteiger partial charge >= 0.3 is 0 Å². The van der Waals surface area contributed by atoms with Gasteiger partial charge in [0.1, 0.15) is 0 Å². The molecule has 98 valence electrons. The molecule has 0 bridgehead atoms. The predicted octanol–water partition coefficient (Wildman–Crippen LogP) is 2.65. The fraction of sp³-hybridized carbons (Fsp3) is 0.308. The number of anilines is 1. The van der Waals surface area contributed by atoms with Crippen LogP contribution in [0.1, 0.15) is 15.6 Å². The van der Waals surface area contributed by atoms with Crippen LogP contribution in [0, 0.1) is 13.8 Å². The van der Waals surface area contributed by atoms with Gasteiger partial charge in [-0.05, 0) is 19.9 Å². The van der Waals surface area contributed by atoms with E-state index in [2.05, 4.69) is 26.4 Å². The Morgan fingerprint density at radius 1 is 1.26 bits per heavy atom. The molecular weight excluding hydrogens is 258 g/mol. The van der Waals surface area contributed by atoms with Crippen LogP contribution in [0.3, 0.4) is 0 Å². The molecule has 0 atom stereocenters. The SMILES string of the molecule is Cc1ncc(CNc2cnc3c(c2)c(C)nn3C)s1. The van der Waals surface area contributed by atoms with Crippen LogP contribution in [0.4, 0.5) is 5.69 Å².